The predicted octanol–water partition coefficient (Wildman–Crippen LogP) is 2.51. The molecule has 0 fully saturated rings. The first kappa shape index (κ1) is 12.5. The van der Waals surface area contributed by atoms with Crippen molar-refractivity contribution in [2.75, 3.05) is 20.3 Å². The molecule has 2 nitrogen and oxygen atoms in total. The molecule has 0 amide bonds. The van der Waals surface area contributed by atoms with Gasteiger partial charge in [0.2, 0.25) is 0 Å². The molecule has 84 valence electrons. The number of nitrogens with one attached hydrogen (secondary N) is 1. The molecule has 1 aromatic carbocycles. The Morgan fingerprint density at radius 1 is 1.40 bits per heavy atom. The van der Waals surface area contributed by atoms with E-state index in [4.69, 9.17) is 16.3 Å². The zero-order valence-corrected chi connectivity index (χ0v) is 10.1. The highest BCUT2D eigenvalue weighted by atomic mass is 35.5. The lowest BCUT2D eigenvalue weighted by molar-refractivity contribution is 0.125. The van der Waals surface area contributed by atoms with Crippen LogP contribution in [0.25, 0.3) is 0 Å². The van der Waals surface area contributed by atoms with E-state index < -0.39 is 0 Å². The molecular formula is C12H18ClNO. The summed E-state index contributed by atoms with van der Waals surface area (Å²) in [6, 6.07) is 8.25. The molecule has 15 heavy (non-hydrogen) atoms. The maximum atomic E-state index is 6.09. The van der Waals surface area contributed by atoms with E-state index in [9.17, 15) is 0 Å². The Bertz CT molecular complexity index is 291. The average molecular weight is 228 g/mol. The SMILES string of the molecule is CCOCC(Cc1ccccc1Cl)NC. The van der Waals surface area contributed by atoms with Gasteiger partial charge in [-0.2, -0.15) is 0 Å². The van der Waals surface area contributed by atoms with E-state index in [0.717, 1.165) is 24.7 Å². The van der Waals surface area contributed by atoms with Crippen LogP contribution in [0.1, 0.15) is 12.5 Å². The van der Waals surface area contributed by atoms with Gasteiger partial charge in [0.1, 0.15) is 0 Å². The van der Waals surface area contributed by atoms with Crippen LogP contribution in [0.3, 0.4) is 0 Å². The molecule has 1 aromatic rings. The second-order valence-electron chi connectivity index (χ2n) is 3.44. The summed E-state index contributed by atoms with van der Waals surface area (Å²) >= 11 is 6.09. The number of ether oxygens (including phenoxy) is 1. The van der Waals surface area contributed by atoms with Crippen LogP contribution in [-0.2, 0) is 11.2 Å². The summed E-state index contributed by atoms with van der Waals surface area (Å²) in [6.45, 7) is 3.47. The van der Waals surface area contributed by atoms with E-state index in [-0.39, 0.29) is 0 Å². The smallest absolute Gasteiger partial charge is 0.0622 e. The molecule has 0 radical (unpaired) electrons. The molecular weight excluding hydrogens is 210 g/mol. The van der Waals surface area contributed by atoms with Crippen molar-refractivity contribution in [2.24, 2.45) is 0 Å². The van der Waals surface area contributed by atoms with E-state index >= 15 is 0 Å². The number of hydrogen-bond acceptors (Lipinski definition) is 2. The van der Waals surface area contributed by atoms with Gasteiger partial charge < -0.3 is 10.1 Å². The molecule has 0 spiro atoms. The average Bonchev–Trinajstić information content (AvgIpc) is 2.26. The molecule has 1 rings (SSSR count). The number of likely N-dealkylation sites (N-methyl/N-ethyl adjacent to an activating group) is 1. The third-order valence-electron chi connectivity index (χ3n) is 2.36. The summed E-state index contributed by atoms with van der Waals surface area (Å²) in [4.78, 5) is 0. The highest BCUT2D eigenvalue weighted by Gasteiger charge is 2.08. The Morgan fingerprint density at radius 2 is 2.13 bits per heavy atom. The maximum Gasteiger partial charge on any atom is 0.0622 e. The minimum atomic E-state index is 0.324. The van der Waals surface area contributed by atoms with Crippen LogP contribution < -0.4 is 5.32 Å². The van der Waals surface area contributed by atoms with Gasteiger partial charge >= 0.3 is 0 Å². The molecule has 0 aliphatic rings. The molecule has 0 heterocycles. The van der Waals surface area contributed by atoms with Crippen LogP contribution in [0.5, 0.6) is 0 Å². The van der Waals surface area contributed by atoms with Gasteiger partial charge in [-0.1, -0.05) is 29.8 Å². The first-order chi connectivity index (χ1) is 7.27. The van der Waals surface area contributed by atoms with Crippen molar-refractivity contribution >= 4 is 11.6 Å². The highest BCUT2D eigenvalue weighted by molar-refractivity contribution is 6.31. The van der Waals surface area contributed by atoms with Crippen LogP contribution >= 0.6 is 11.6 Å². The third kappa shape index (κ3) is 4.20. The van der Waals surface area contributed by atoms with Gasteiger partial charge in [-0.3, -0.25) is 0 Å². The van der Waals surface area contributed by atoms with Crippen LogP contribution in [0.15, 0.2) is 24.3 Å². The van der Waals surface area contributed by atoms with Crippen LogP contribution in [0.2, 0.25) is 5.02 Å². The standard InChI is InChI=1S/C12H18ClNO/c1-3-15-9-11(14-2)8-10-6-4-5-7-12(10)13/h4-7,11,14H,3,8-9H2,1-2H3. The number of benzene rings is 1. The molecule has 1 atom stereocenters. The summed E-state index contributed by atoms with van der Waals surface area (Å²) < 4.78 is 5.39. The topological polar surface area (TPSA) is 21.3 Å². The molecule has 1 N–H and O–H groups in total. The van der Waals surface area contributed by atoms with Gasteiger partial charge in [-0.25, -0.2) is 0 Å². The molecule has 1 unspecified atom stereocenters. The Kier molecular flexibility index (Phi) is 5.69. The molecule has 0 aliphatic heterocycles. The molecule has 0 saturated heterocycles. The summed E-state index contributed by atoms with van der Waals surface area (Å²) in [7, 11) is 1.94. The summed E-state index contributed by atoms with van der Waals surface area (Å²) in [6.07, 6.45) is 0.899. The number of halogens is 1. The van der Waals surface area contributed by atoms with E-state index in [1.54, 1.807) is 0 Å². The summed E-state index contributed by atoms with van der Waals surface area (Å²) in [5.41, 5.74) is 1.17. The Morgan fingerprint density at radius 3 is 2.73 bits per heavy atom. The number of rotatable bonds is 6. The van der Waals surface area contributed by atoms with Crippen LogP contribution in [0, 0.1) is 0 Å². The molecule has 0 aliphatic carbocycles. The monoisotopic (exact) mass is 227 g/mol. The second-order valence-corrected chi connectivity index (χ2v) is 3.85. The first-order valence-electron chi connectivity index (χ1n) is 5.26. The van der Waals surface area contributed by atoms with E-state index in [2.05, 4.69) is 11.4 Å². The van der Waals surface area contributed by atoms with Gasteiger partial charge in [0.15, 0.2) is 0 Å². The van der Waals surface area contributed by atoms with Crippen molar-refractivity contribution in [1.82, 2.24) is 5.32 Å². The van der Waals surface area contributed by atoms with E-state index in [1.807, 2.05) is 32.2 Å². The zero-order chi connectivity index (χ0) is 11.1. The van der Waals surface area contributed by atoms with Crippen molar-refractivity contribution in [3.8, 4) is 0 Å². The Hall–Kier alpha value is -0.570. The van der Waals surface area contributed by atoms with Gasteiger partial charge in [0, 0.05) is 17.7 Å². The molecule has 0 aromatic heterocycles. The number of hydrogen-bond donors (Lipinski definition) is 1. The van der Waals surface area contributed by atoms with E-state index in [1.165, 1.54) is 5.56 Å². The van der Waals surface area contributed by atoms with Crippen molar-refractivity contribution < 1.29 is 4.74 Å². The molecule has 0 bridgehead atoms. The van der Waals surface area contributed by atoms with E-state index in [0.29, 0.717) is 6.04 Å². The fourth-order valence-corrected chi connectivity index (χ4v) is 1.65. The van der Waals surface area contributed by atoms with Gasteiger partial charge in [-0.15, -0.1) is 0 Å². The Labute approximate surface area is 96.6 Å². The second kappa shape index (κ2) is 6.83. The van der Waals surface area contributed by atoms with Crippen LogP contribution in [-0.4, -0.2) is 26.3 Å². The lowest BCUT2D eigenvalue weighted by Gasteiger charge is -2.16. The van der Waals surface area contributed by atoms with Gasteiger partial charge in [0.05, 0.1) is 6.61 Å². The molecule has 0 saturated carbocycles. The largest absolute Gasteiger partial charge is 0.380 e. The van der Waals surface area contributed by atoms with Crippen molar-refractivity contribution in [2.45, 2.75) is 19.4 Å². The minimum absolute atomic E-state index is 0.324. The fraction of sp³-hybridized carbons (Fsp3) is 0.500. The van der Waals surface area contributed by atoms with Crippen molar-refractivity contribution in [3.63, 3.8) is 0 Å². The lowest BCUT2D eigenvalue weighted by atomic mass is 10.1. The summed E-state index contributed by atoms with van der Waals surface area (Å²) in [5, 5.41) is 4.06. The Balaban J connectivity index is 2.54. The third-order valence-corrected chi connectivity index (χ3v) is 2.72. The van der Waals surface area contributed by atoms with Gasteiger partial charge in [-0.05, 0) is 32.0 Å². The minimum Gasteiger partial charge on any atom is -0.380 e. The normalized spacial score (nSPS) is 12.7. The zero-order valence-electron chi connectivity index (χ0n) is 9.29. The van der Waals surface area contributed by atoms with Gasteiger partial charge in [0.25, 0.3) is 0 Å². The summed E-state index contributed by atoms with van der Waals surface area (Å²) in [5.74, 6) is 0. The highest BCUT2D eigenvalue weighted by Crippen LogP contribution is 2.16. The fourth-order valence-electron chi connectivity index (χ4n) is 1.43. The van der Waals surface area contributed by atoms with Crippen molar-refractivity contribution in [3.05, 3.63) is 34.9 Å². The molecule has 3 heteroatoms. The lowest BCUT2D eigenvalue weighted by Crippen LogP contribution is -2.32. The first-order valence-corrected chi connectivity index (χ1v) is 5.64. The predicted molar refractivity (Wildman–Crippen MR) is 64.5 cm³/mol. The quantitative estimate of drug-likeness (QED) is 0.807. The van der Waals surface area contributed by atoms with Crippen molar-refractivity contribution in [1.29, 1.82) is 0 Å². The van der Waals surface area contributed by atoms with Crippen LogP contribution in [0.4, 0.5) is 0 Å². The maximum absolute atomic E-state index is 6.09.